The molecule has 1 aromatic rings. The molecule has 0 radical (unpaired) electrons. The number of nitrogens with two attached hydrogens (primary N) is 1. The Bertz CT molecular complexity index is 523. The highest BCUT2D eigenvalue weighted by Crippen LogP contribution is 2.17. The van der Waals surface area contributed by atoms with Gasteiger partial charge >= 0.3 is 0 Å². The topological polar surface area (TPSA) is 84.2 Å². The second-order valence-electron chi connectivity index (χ2n) is 5.00. The highest BCUT2D eigenvalue weighted by molar-refractivity contribution is 9.10. The molecule has 116 valence electrons. The van der Waals surface area contributed by atoms with Crippen LogP contribution in [-0.4, -0.2) is 24.4 Å². The molecule has 1 rings (SSSR count). The molecule has 0 heterocycles. The van der Waals surface area contributed by atoms with E-state index in [1.165, 1.54) is 12.1 Å². The average molecular weight is 360 g/mol. The third-order valence-electron chi connectivity index (χ3n) is 2.94. The number of amides is 2. The van der Waals surface area contributed by atoms with E-state index < -0.39 is 6.04 Å². The predicted octanol–water partition coefficient (Wildman–Crippen LogP) is 1.30. The Morgan fingerprint density at radius 3 is 2.57 bits per heavy atom. The number of hydrogen-bond donors (Lipinski definition) is 3. The van der Waals surface area contributed by atoms with Crippen LogP contribution >= 0.6 is 15.9 Å². The minimum atomic E-state index is -0.635. The summed E-state index contributed by atoms with van der Waals surface area (Å²) in [4.78, 5) is 23.2. The van der Waals surface area contributed by atoms with E-state index in [0.717, 1.165) is 5.56 Å². The molecule has 0 aliphatic heterocycles. The molecule has 0 fully saturated rings. The molecule has 1 aromatic carbocycles. The molecule has 21 heavy (non-hydrogen) atoms. The van der Waals surface area contributed by atoms with Gasteiger partial charge in [-0.15, -0.1) is 0 Å². The Labute approximate surface area is 131 Å². The lowest BCUT2D eigenvalue weighted by Crippen LogP contribution is -2.47. The zero-order chi connectivity index (χ0) is 16.0. The standard InChI is InChI=1S/C14H19BrFN3O2/c1-8(2)13(17)14(21)19-7-12(20)18-6-9-3-4-10(16)5-11(9)15/h3-5,8,13H,6-7,17H2,1-2H3,(H,18,20)(H,19,21)/t13-/m0/s1. The minimum Gasteiger partial charge on any atom is -0.350 e. The van der Waals surface area contributed by atoms with Crippen LogP contribution in [-0.2, 0) is 16.1 Å². The Kier molecular flexibility index (Phi) is 6.77. The number of benzene rings is 1. The van der Waals surface area contributed by atoms with E-state index in [1.807, 2.05) is 13.8 Å². The highest BCUT2D eigenvalue weighted by atomic mass is 79.9. The van der Waals surface area contributed by atoms with Gasteiger partial charge in [0.2, 0.25) is 11.8 Å². The summed E-state index contributed by atoms with van der Waals surface area (Å²) in [5.41, 5.74) is 6.41. The number of rotatable bonds is 6. The van der Waals surface area contributed by atoms with Gasteiger partial charge in [0.25, 0.3) is 0 Å². The Morgan fingerprint density at radius 2 is 2.00 bits per heavy atom. The molecule has 0 unspecified atom stereocenters. The Hall–Kier alpha value is -1.47. The molecular formula is C14H19BrFN3O2. The molecule has 0 bridgehead atoms. The zero-order valence-electron chi connectivity index (χ0n) is 12.0. The van der Waals surface area contributed by atoms with Crippen molar-refractivity contribution in [1.29, 1.82) is 0 Å². The fourth-order valence-corrected chi connectivity index (χ4v) is 2.00. The first-order chi connectivity index (χ1) is 9.81. The van der Waals surface area contributed by atoms with Gasteiger partial charge in [-0.3, -0.25) is 9.59 Å². The van der Waals surface area contributed by atoms with Crippen LogP contribution in [0.3, 0.4) is 0 Å². The Morgan fingerprint density at radius 1 is 1.33 bits per heavy atom. The van der Waals surface area contributed by atoms with E-state index in [0.29, 0.717) is 4.47 Å². The minimum absolute atomic E-state index is 0.00299. The van der Waals surface area contributed by atoms with Gasteiger partial charge in [0.15, 0.2) is 0 Å². The van der Waals surface area contributed by atoms with Crippen LogP contribution in [0.1, 0.15) is 19.4 Å². The van der Waals surface area contributed by atoms with E-state index in [1.54, 1.807) is 6.07 Å². The van der Waals surface area contributed by atoms with E-state index in [2.05, 4.69) is 26.6 Å². The fraction of sp³-hybridized carbons (Fsp3) is 0.429. The highest BCUT2D eigenvalue weighted by Gasteiger charge is 2.17. The van der Waals surface area contributed by atoms with Gasteiger partial charge in [0.1, 0.15) is 5.82 Å². The number of carbonyl (C=O) groups is 2. The van der Waals surface area contributed by atoms with Crippen LogP contribution in [0.2, 0.25) is 0 Å². The van der Waals surface area contributed by atoms with Gasteiger partial charge in [-0.1, -0.05) is 35.8 Å². The van der Waals surface area contributed by atoms with E-state index in [9.17, 15) is 14.0 Å². The quantitative estimate of drug-likeness (QED) is 0.715. The summed E-state index contributed by atoms with van der Waals surface area (Å²) in [6.45, 7) is 3.76. The monoisotopic (exact) mass is 359 g/mol. The number of nitrogens with one attached hydrogen (secondary N) is 2. The van der Waals surface area contributed by atoms with Crippen LogP contribution in [0.5, 0.6) is 0 Å². The van der Waals surface area contributed by atoms with Crippen molar-refractivity contribution >= 4 is 27.7 Å². The van der Waals surface area contributed by atoms with Gasteiger partial charge in [-0.05, 0) is 23.6 Å². The predicted molar refractivity (Wildman–Crippen MR) is 81.8 cm³/mol. The second kappa shape index (κ2) is 8.09. The van der Waals surface area contributed by atoms with Crippen molar-refractivity contribution in [2.24, 2.45) is 11.7 Å². The number of halogens is 2. The molecule has 0 aliphatic rings. The fourth-order valence-electron chi connectivity index (χ4n) is 1.51. The molecule has 0 spiro atoms. The molecule has 4 N–H and O–H groups in total. The average Bonchev–Trinajstić information content (AvgIpc) is 2.42. The summed E-state index contributed by atoms with van der Waals surface area (Å²) in [5, 5.41) is 5.11. The Balaban J connectivity index is 2.39. The zero-order valence-corrected chi connectivity index (χ0v) is 13.5. The van der Waals surface area contributed by atoms with Gasteiger partial charge in [-0.2, -0.15) is 0 Å². The van der Waals surface area contributed by atoms with Gasteiger partial charge in [0.05, 0.1) is 12.6 Å². The van der Waals surface area contributed by atoms with Gasteiger partial charge in [-0.25, -0.2) is 4.39 Å². The van der Waals surface area contributed by atoms with Crippen LogP contribution in [0, 0.1) is 11.7 Å². The number of hydrogen-bond acceptors (Lipinski definition) is 3. The van der Waals surface area contributed by atoms with Crippen molar-refractivity contribution in [3.05, 3.63) is 34.1 Å². The molecular weight excluding hydrogens is 341 g/mol. The third kappa shape index (κ3) is 5.81. The molecule has 7 heteroatoms. The maximum atomic E-state index is 12.9. The normalized spacial score (nSPS) is 12.1. The largest absolute Gasteiger partial charge is 0.350 e. The summed E-state index contributed by atoms with van der Waals surface area (Å²) in [7, 11) is 0. The molecule has 0 saturated carbocycles. The molecule has 5 nitrogen and oxygen atoms in total. The van der Waals surface area contributed by atoms with Gasteiger partial charge in [0, 0.05) is 11.0 Å². The molecule has 0 aromatic heterocycles. The lowest BCUT2D eigenvalue weighted by Gasteiger charge is -2.15. The molecule has 0 aliphatic carbocycles. The first-order valence-electron chi connectivity index (χ1n) is 6.55. The van der Waals surface area contributed by atoms with Crippen LogP contribution in [0.15, 0.2) is 22.7 Å². The van der Waals surface area contributed by atoms with Crippen molar-refractivity contribution in [1.82, 2.24) is 10.6 Å². The summed E-state index contributed by atoms with van der Waals surface area (Å²) in [6.07, 6.45) is 0. The van der Waals surface area contributed by atoms with E-state index in [4.69, 9.17) is 5.73 Å². The van der Waals surface area contributed by atoms with Crippen molar-refractivity contribution in [2.75, 3.05) is 6.54 Å². The summed E-state index contributed by atoms with van der Waals surface area (Å²) >= 11 is 3.22. The van der Waals surface area contributed by atoms with Crippen molar-refractivity contribution in [3.8, 4) is 0 Å². The number of carbonyl (C=O) groups excluding carboxylic acids is 2. The summed E-state index contributed by atoms with van der Waals surface area (Å²) < 4.78 is 13.5. The summed E-state index contributed by atoms with van der Waals surface area (Å²) in [5.74, 6) is -1.05. The maximum absolute atomic E-state index is 12.9. The second-order valence-corrected chi connectivity index (χ2v) is 5.85. The van der Waals surface area contributed by atoms with Gasteiger partial charge < -0.3 is 16.4 Å². The van der Waals surface area contributed by atoms with Crippen LogP contribution < -0.4 is 16.4 Å². The van der Waals surface area contributed by atoms with Crippen molar-refractivity contribution in [3.63, 3.8) is 0 Å². The van der Waals surface area contributed by atoms with Crippen molar-refractivity contribution < 1.29 is 14.0 Å². The third-order valence-corrected chi connectivity index (χ3v) is 3.67. The summed E-state index contributed by atoms with van der Waals surface area (Å²) in [6, 6.07) is 3.58. The van der Waals surface area contributed by atoms with E-state index >= 15 is 0 Å². The lowest BCUT2D eigenvalue weighted by atomic mass is 10.1. The van der Waals surface area contributed by atoms with E-state index in [-0.39, 0.29) is 36.6 Å². The first-order valence-corrected chi connectivity index (χ1v) is 7.34. The van der Waals surface area contributed by atoms with Crippen LogP contribution in [0.4, 0.5) is 4.39 Å². The smallest absolute Gasteiger partial charge is 0.239 e. The SMILES string of the molecule is CC(C)[C@H](N)C(=O)NCC(=O)NCc1ccc(F)cc1Br. The van der Waals surface area contributed by atoms with Crippen molar-refractivity contribution in [2.45, 2.75) is 26.4 Å². The first kappa shape index (κ1) is 17.6. The lowest BCUT2D eigenvalue weighted by molar-refractivity contribution is -0.127. The molecule has 0 saturated heterocycles. The van der Waals surface area contributed by atoms with Crippen LogP contribution in [0.25, 0.3) is 0 Å². The maximum Gasteiger partial charge on any atom is 0.239 e. The molecule has 1 atom stereocenters. The molecule has 2 amide bonds.